The number of nitrogens with one attached hydrogen (secondary N) is 1. The lowest BCUT2D eigenvalue weighted by molar-refractivity contribution is -0.182. The van der Waals surface area contributed by atoms with E-state index in [4.69, 9.17) is 0 Å². The van der Waals surface area contributed by atoms with Crippen LogP contribution in [0.2, 0.25) is 0 Å². The number of alkyl halides is 3. The van der Waals surface area contributed by atoms with Crippen LogP contribution in [0, 0.1) is 23.2 Å². The van der Waals surface area contributed by atoms with E-state index in [2.05, 4.69) is 20.2 Å². The zero-order valence-electron chi connectivity index (χ0n) is 17.1. The Hall–Kier alpha value is -2.93. The van der Waals surface area contributed by atoms with Gasteiger partial charge in [0.1, 0.15) is 17.1 Å². The van der Waals surface area contributed by atoms with Crippen LogP contribution in [0.4, 0.5) is 18.9 Å². The molecule has 0 bridgehead atoms. The average Bonchev–Trinajstić information content (AvgIpc) is 3.20. The molecule has 2 saturated heterocycles. The lowest BCUT2D eigenvalue weighted by Crippen LogP contribution is -2.48. The summed E-state index contributed by atoms with van der Waals surface area (Å²) < 4.78 is 41.5. The Bertz CT molecular complexity index is 1010. The van der Waals surface area contributed by atoms with Crippen LogP contribution in [-0.2, 0) is 4.79 Å². The summed E-state index contributed by atoms with van der Waals surface area (Å²) in [5.74, 6) is -3.54. The Balaban J connectivity index is 1.60. The minimum Gasteiger partial charge on any atom is -0.368 e. The monoisotopic (exact) mass is 432 g/mol. The molecule has 0 aliphatic carbocycles. The second kappa shape index (κ2) is 8.30. The van der Waals surface area contributed by atoms with Crippen LogP contribution in [0.25, 0.3) is 11.0 Å². The fraction of sp³-hybridized carbons (Fsp3) is 0.524. The first-order valence-electron chi connectivity index (χ1n) is 10.2. The molecule has 2 fully saturated rings. The van der Waals surface area contributed by atoms with Crippen LogP contribution in [0.3, 0.4) is 0 Å². The fourth-order valence-electron chi connectivity index (χ4n) is 4.45. The van der Waals surface area contributed by atoms with Gasteiger partial charge in [-0.15, -0.1) is 0 Å². The molecule has 31 heavy (non-hydrogen) atoms. The van der Waals surface area contributed by atoms with Gasteiger partial charge < -0.3 is 15.1 Å². The fourth-order valence-corrected chi connectivity index (χ4v) is 4.45. The van der Waals surface area contributed by atoms with Gasteiger partial charge in [-0.2, -0.15) is 18.4 Å². The van der Waals surface area contributed by atoms with Crippen molar-refractivity contribution in [3.63, 3.8) is 0 Å². The zero-order chi connectivity index (χ0) is 22.2. The lowest BCUT2D eigenvalue weighted by atomic mass is 9.93. The molecule has 4 rings (SSSR count). The van der Waals surface area contributed by atoms with Gasteiger partial charge in [0.05, 0.1) is 23.1 Å². The Morgan fingerprint density at radius 1 is 1.16 bits per heavy atom. The third-order valence-corrected chi connectivity index (χ3v) is 6.21. The quantitative estimate of drug-likeness (QED) is 0.802. The van der Waals surface area contributed by atoms with Crippen molar-refractivity contribution < 1.29 is 18.0 Å². The van der Waals surface area contributed by atoms with Crippen molar-refractivity contribution in [3.8, 4) is 6.07 Å². The number of amides is 1. The summed E-state index contributed by atoms with van der Waals surface area (Å²) in [6.07, 6.45) is -0.171. The van der Waals surface area contributed by atoms with Crippen LogP contribution in [0.5, 0.6) is 0 Å². The molecule has 0 spiro atoms. The Morgan fingerprint density at radius 2 is 1.84 bits per heavy atom. The maximum absolute atomic E-state index is 13.8. The van der Waals surface area contributed by atoms with E-state index in [-0.39, 0.29) is 19.1 Å². The van der Waals surface area contributed by atoms with Crippen LogP contribution in [-0.4, -0.2) is 66.2 Å². The molecule has 1 N–H and O–H groups in total. The van der Waals surface area contributed by atoms with E-state index in [9.17, 15) is 23.2 Å². The van der Waals surface area contributed by atoms with Crippen molar-refractivity contribution in [3.05, 3.63) is 30.1 Å². The van der Waals surface area contributed by atoms with E-state index < -0.39 is 23.9 Å². The van der Waals surface area contributed by atoms with Gasteiger partial charge in [-0.3, -0.25) is 14.8 Å². The first kappa shape index (κ1) is 21.3. The van der Waals surface area contributed by atoms with Gasteiger partial charge in [-0.1, -0.05) is 0 Å². The van der Waals surface area contributed by atoms with Gasteiger partial charge in [0.2, 0.25) is 5.91 Å². The second-order valence-electron chi connectivity index (χ2n) is 8.24. The molecule has 2 atom stereocenters. The lowest BCUT2D eigenvalue weighted by Gasteiger charge is -2.31. The molecule has 7 nitrogen and oxygen atoms in total. The summed E-state index contributed by atoms with van der Waals surface area (Å²) >= 11 is 0. The molecule has 0 radical (unpaired) electrons. The van der Waals surface area contributed by atoms with E-state index in [0.717, 1.165) is 25.9 Å². The number of halogens is 3. The van der Waals surface area contributed by atoms with Crippen molar-refractivity contribution in [2.24, 2.45) is 11.8 Å². The first-order valence-corrected chi connectivity index (χ1v) is 10.2. The molecule has 1 amide bonds. The normalized spacial score (nSPS) is 23.1. The highest BCUT2D eigenvalue weighted by Crippen LogP contribution is 2.41. The number of carbonyl (C=O) groups excluding carboxylic acids is 1. The number of nitrogens with zero attached hydrogens (tertiary/aromatic N) is 5. The molecule has 1 aromatic heterocycles. The predicted molar refractivity (Wildman–Crippen MR) is 108 cm³/mol. The van der Waals surface area contributed by atoms with Crippen molar-refractivity contribution in [1.82, 2.24) is 20.2 Å². The van der Waals surface area contributed by atoms with Gasteiger partial charge >= 0.3 is 6.18 Å². The zero-order valence-corrected chi connectivity index (χ0v) is 17.1. The largest absolute Gasteiger partial charge is 0.394 e. The van der Waals surface area contributed by atoms with E-state index in [1.54, 1.807) is 6.07 Å². The summed E-state index contributed by atoms with van der Waals surface area (Å²) in [6.45, 7) is 1.20. The molecule has 1 aromatic carbocycles. The van der Waals surface area contributed by atoms with E-state index in [1.165, 1.54) is 23.4 Å². The highest BCUT2D eigenvalue weighted by Gasteiger charge is 2.52. The highest BCUT2D eigenvalue weighted by atomic mass is 19.4. The van der Waals surface area contributed by atoms with Crippen molar-refractivity contribution in [1.29, 1.82) is 5.26 Å². The number of carbonyl (C=O) groups is 1. The number of aromatic nitrogens is 2. The van der Waals surface area contributed by atoms with Gasteiger partial charge in [0.15, 0.2) is 0 Å². The summed E-state index contributed by atoms with van der Waals surface area (Å²) in [4.78, 5) is 25.0. The number of likely N-dealkylation sites (tertiary alicyclic amines) is 1. The SMILES string of the molecule is CN1CCC(NC(=O)[C@H]2CN(c3ccc(C#N)c4nccnc34)CC2C(F)(F)F)CC1. The molecule has 2 aromatic rings. The number of benzene rings is 1. The third-order valence-electron chi connectivity index (χ3n) is 6.21. The van der Waals surface area contributed by atoms with Gasteiger partial charge in [0.25, 0.3) is 0 Å². The van der Waals surface area contributed by atoms with Crippen molar-refractivity contribution in [2.75, 3.05) is 38.1 Å². The molecule has 1 unspecified atom stereocenters. The molecule has 2 aliphatic heterocycles. The summed E-state index contributed by atoms with van der Waals surface area (Å²) in [7, 11) is 1.98. The van der Waals surface area contributed by atoms with Crippen molar-refractivity contribution >= 4 is 22.6 Å². The summed E-state index contributed by atoms with van der Waals surface area (Å²) in [5.41, 5.74) is 1.45. The van der Waals surface area contributed by atoms with Crippen LogP contribution in [0.15, 0.2) is 24.5 Å². The molecule has 164 valence electrons. The van der Waals surface area contributed by atoms with Crippen LogP contribution >= 0.6 is 0 Å². The summed E-state index contributed by atoms with van der Waals surface area (Å²) in [6, 6.07) is 5.04. The van der Waals surface area contributed by atoms with E-state index in [1.807, 2.05) is 13.1 Å². The smallest absolute Gasteiger partial charge is 0.368 e. The average molecular weight is 432 g/mol. The van der Waals surface area contributed by atoms with Gasteiger partial charge in [-0.25, -0.2) is 0 Å². The minimum atomic E-state index is -4.50. The predicted octanol–water partition coefficient (Wildman–Crippen LogP) is 2.33. The Kier molecular flexibility index (Phi) is 5.71. The Labute approximate surface area is 177 Å². The second-order valence-corrected chi connectivity index (χ2v) is 8.24. The third kappa shape index (κ3) is 4.28. The topological polar surface area (TPSA) is 85.2 Å². The number of fused-ring (bicyclic) bond motifs is 1. The van der Waals surface area contributed by atoms with Crippen LogP contribution < -0.4 is 10.2 Å². The summed E-state index contributed by atoms with van der Waals surface area (Å²) in [5, 5.41) is 12.1. The molecular formula is C21H23F3N6O. The molecule has 3 heterocycles. The first-order chi connectivity index (χ1) is 14.8. The number of nitriles is 1. The number of piperidine rings is 1. The molecule has 2 aliphatic rings. The van der Waals surface area contributed by atoms with Gasteiger partial charge in [-0.05, 0) is 45.1 Å². The van der Waals surface area contributed by atoms with E-state index in [0.29, 0.717) is 22.3 Å². The van der Waals surface area contributed by atoms with Crippen LogP contribution in [0.1, 0.15) is 18.4 Å². The van der Waals surface area contributed by atoms with Crippen molar-refractivity contribution in [2.45, 2.75) is 25.1 Å². The number of anilines is 1. The highest BCUT2D eigenvalue weighted by molar-refractivity contribution is 5.92. The maximum Gasteiger partial charge on any atom is 0.394 e. The van der Waals surface area contributed by atoms with E-state index >= 15 is 0 Å². The molecular weight excluding hydrogens is 409 g/mol. The minimum absolute atomic E-state index is 0.0692. The Morgan fingerprint density at radius 3 is 2.48 bits per heavy atom. The number of hydrogen-bond donors (Lipinski definition) is 1. The maximum atomic E-state index is 13.8. The standard InChI is InChI=1S/C21H23F3N6O/c1-29-8-4-14(5-9-29)28-20(31)15-11-30(12-16(15)21(22,23)24)17-3-2-13(10-25)18-19(17)27-7-6-26-18/h2-3,6-7,14-16H,4-5,8-9,11-12H2,1H3,(H,28,31)/t15-,16?/m0/s1. The molecule has 10 heteroatoms. The van der Waals surface area contributed by atoms with Gasteiger partial charge in [0, 0.05) is 31.5 Å². The number of rotatable bonds is 3. The molecule has 0 saturated carbocycles. The number of hydrogen-bond acceptors (Lipinski definition) is 6.